The standard InChI is InChI=1S/C15H24O3/c1-4-5-8-17-15-9-13(10-16)6-7-14(15)18-11-12(2)3/h6-7,9,12,16H,4-5,8,10-11H2,1-3H3. The van der Waals surface area contributed by atoms with E-state index in [4.69, 9.17) is 14.6 Å². The van der Waals surface area contributed by atoms with Gasteiger partial charge >= 0.3 is 0 Å². The fraction of sp³-hybridized carbons (Fsp3) is 0.600. The monoisotopic (exact) mass is 252 g/mol. The highest BCUT2D eigenvalue weighted by Crippen LogP contribution is 2.29. The summed E-state index contributed by atoms with van der Waals surface area (Å²) < 4.78 is 11.4. The average Bonchev–Trinajstić information content (AvgIpc) is 2.37. The largest absolute Gasteiger partial charge is 0.490 e. The van der Waals surface area contributed by atoms with Gasteiger partial charge < -0.3 is 14.6 Å². The Morgan fingerprint density at radius 2 is 1.94 bits per heavy atom. The van der Waals surface area contributed by atoms with Gasteiger partial charge in [0.25, 0.3) is 0 Å². The summed E-state index contributed by atoms with van der Waals surface area (Å²) in [5.74, 6) is 1.97. The third-order valence-corrected chi connectivity index (χ3v) is 2.52. The van der Waals surface area contributed by atoms with Crippen LogP contribution in [0.5, 0.6) is 11.5 Å². The number of benzene rings is 1. The van der Waals surface area contributed by atoms with E-state index in [1.807, 2.05) is 18.2 Å². The molecule has 0 amide bonds. The number of aliphatic hydroxyl groups is 1. The van der Waals surface area contributed by atoms with Crippen LogP contribution in [0.2, 0.25) is 0 Å². The van der Waals surface area contributed by atoms with Gasteiger partial charge in [-0.15, -0.1) is 0 Å². The van der Waals surface area contributed by atoms with Crippen molar-refractivity contribution in [2.24, 2.45) is 5.92 Å². The Labute approximate surface area is 110 Å². The van der Waals surface area contributed by atoms with Gasteiger partial charge in [-0.25, -0.2) is 0 Å². The molecule has 0 fully saturated rings. The molecule has 1 N–H and O–H groups in total. The second-order valence-electron chi connectivity index (χ2n) is 4.85. The first-order chi connectivity index (χ1) is 8.67. The smallest absolute Gasteiger partial charge is 0.161 e. The lowest BCUT2D eigenvalue weighted by molar-refractivity contribution is 0.240. The molecule has 0 radical (unpaired) electrons. The van der Waals surface area contributed by atoms with E-state index >= 15 is 0 Å². The number of ether oxygens (including phenoxy) is 2. The van der Waals surface area contributed by atoms with Crippen LogP contribution >= 0.6 is 0 Å². The zero-order valence-electron chi connectivity index (χ0n) is 11.6. The van der Waals surface area contributed by atoms with Crippen molar-refractivity contribution in [1.29, 1.82) is 0 Å². The predicted molar refractivity (Wildman–Crippen MR) is 73.1 cm³/mol. The van der Waals surface area contributed by atoms with Gasteiger partial charge in [-0.1, -0.05) is 33.3 Å². The molecule has 3 heteroatoms. The van der Waals surface area contributed by atoms with Crippen molar-refractivity contribution >= 4 is 0 Å². The summed E-state index contributed by atoms with van der Waals surface area (Å²) in [6.07, 6.45) is 2.12. The Hall–Kier alpha value is -1.22. The summed E-state index contributed by atoms with van der Waals surface area (Å²) >= 11 is 0. The van der Waals surface area contributed by atoms with E-state index in [0.717, 1.165) is 29.9 Å². The van der Waals surface area contributed by atoms with Crippen molar-refractivity contribution < 1.29 is 14.6 Å². The molecule has 0 bridgehead atoms. The van der Waals surface area contributed by atoms with E-state index in [1.54, 1.807) is 0 Å². The molecule has 0 atom stereocenters. The molecule has 0 saturated carbocycles. The van der Waals surface area contributed by atoms with Gasteiger partial charge in [0.1, 0.15) is 0 Å². The van der Waals surface area contributed by atoms with Crippen molar-refractivity contribution in [3.8, 4) is 11.5 Å². The Morgan fingerprint density at radius 3 is 2.56 bits per heavy atom. The quantitative estimate of drug-likeness (QED) is 0.721. The first-order valence-electron chi connectivity index (χ1n) is 6.66. The molecule has 0 saturated heterocycles. The maximum absolute atomic E-state index is 9.15. The highest BCUT2D eigenvalue weighted by atomic mass is 16.5. The second-order valence-corrected chi connectivity index (χ2v) is 4.85. The first kappa shape index (κ1) is 14.8. The van der Waals surface area contributed by atoms with Gasteiger partial charge in [0.15, 0.2) is 11.5 Å². The lowest BCUT2D eigenvalue weighted by Gasteiger charge is -2.14. The summed E-state index contributed by atoms with van der Waals surface area (Å²) in [6, 6.07) is 5.59. The van der Waals surface area contributed by atoms with Gasteiger partial charge in [0, 0.05) is 0 Å². The molecule has 0 aliphatic rings. The fourth-order valence-electron chi connectivity index (χ4n) is 1.47. The van der Waals surface area contributed by atoms with Crippen LogP contribution in [0, 0.1) is 5.92 Å². The molecule has 102 valence electrons. The molecular formula is C15H24O3. The summed E-state index contributed by atoms with van der Waals surface area (Å²) in [5, 5.41) is 9.15. The van der Waals surface area contributed by atoms with E-state index in [1.165, 1.54) is 0 Å². The van der Waals surface area contributed by atoms with Crippen molar-refractivity contribution in [2.45, 2.75) is 40.2 Å². The van der Waals surface area contributed by atoms with Crippen LogP contribution in [-0.2, 0) is 6.61 Å². The Morgan fingerprint density at radius 1 is 1.17 bits per heavy atom. The minimum atomic E-state index is 0.0224. The maximum atomic E-state index is 9.15. The minimum absolute atomic E-state index is 0.0224. The van der Waals surface area contributed by atoms with Gasteiger partial charge in [0.05, 0.1) is 19.8 Å². The van der Waals surface area contributed by atoms with Gasteiger partial charge in [-0.2, -0.15) is 0 Å². The zero-order valence-corrected chi connectivity index (χ0v) is 11.6. The van der Waals surface area contributed by atoms with Crippen LogP contribution in [0.25, 0.3) is 0 Å². The molecule has 0 aromatic heterocycles. The summed E-state index contributed by atoms with van der Waals surface area (Å²) in [7, 11) is 0. The van der Waals surface area contributed by atoms with E-state index in [0.29, 0.717) is 19.1 Å². The molecule has 0 heterocycles. The van der Waals surface area contributed by atoms with Gasteiger partial charge in [0.2, 0.25) is 0 Å². The Balaban J connectivity index is 2.72. The maximum Gasteiger partial charge on any atom is 0.161 e. The number of hydrogen-bond donors (Lipinski definition) is 1. The average molecular weight is 252 g/mol. The number of aliphatic hydroxyl groups excluding tert-OH is 1. The Bertz CT molecular complexity index is 348. The molecule has 0 spiro atoms. The number of rotatable bonds is 8. The minimum Gasteiger partial charge on any atom is -0.490 e. The molecular weight excluding hydrogens is 228 g/mol. The highest BCUT2D eigenvalue weighted by molar-refractivity contribution is 5.42. The van der Waals surface area contributed by atoms with E-state index in [9.17, 15) is 0 Å². The van der Waals surface area contributed by atoms with E-state index in [-0.39, 0.29) is 6.61 Å². The van der Waals surface area contributed by atoms with Crippen LogP contribution in [0.3, 0.4) is 0 Å². The van der Waals surface area contributed by atoms with Crippen molar-refractivity contribution in [3.63, 3.8) is 0 Å². The number of unbranched alkanes of at least 4 members (excludes halogenated alkanes) is 1. The Kier molecular flexibility index (Phi) is 6.58. The predicted octanol–water partition coefficient (Wildman–Crippen LogP) is 3.39. The van der Waals surface area contributed by atoms with Crippen molar-refractivity contribution in [2.75, 3.05) is 13.2 Å². The van der Waals surface area contributed by atoms with E-state index < -0.39 is 0 Å². The molecule has 1 aromatic rings. The summed E-state index contributed by atoms with van der Waals surface area (Å²) in [5.41, 5.74) is 0.846. The molecule has 18 heavy (non-hydrogen) atoms. The third-order valence-electron chi connectivity index (χ3n) is 2.52. The summed E-state index contributed by atoms with van der Waals surface area (Å²) in [6.45, 7) is 7.73. The topological polar surface area (TPSA) is 38.7 Å². The fourth-order valence-corrected chi connectivity index (χ4v) is 1.47. The lowest BCUT2D eigenvalue weighted by Crippen LogP contribution is -2.07. The normalized spacial score (nSPS) is 10.7. The van der Waals surface area contributed by atoms with Crippen LogP contribution < -0.4 is 9.47 Å². The van der Waals surface area contributed by atoms with E-state index in [2.05, 4.69) is 20.8 Å². The van der Waals surface area contributed by atoms with Gasteiger partial charge in [-0.05, 0) is 30.0 Å². The summed E-state index contributed by atoms with van der Waals surface area (Å²) in [4.78, 5) is 0. The molecule has 1 aromatic carbocycles. The first-order valence-corrected chi connectivity index (χ1v) is 6.66. The van der Waals surface area contributed by atoms with Crippen LogP contribution in [-0.4, -0.2) is 18.3 Å². The third kappa shape index (κ3) is 4.96. The molecule has 0 aliphatic carbocycles. The SMILES string of the molecule is CCCCOc1cc(CO)ccc1OCC(C)C. The van der Waals surface area contributed by atoms with Crippen molar-refractivity contribution in [3.05, 3.63) is 23.8 Å². The number of hydrogen-bond acceptors (Lipinski definition) is 3. The van der Waals surface area contributed by atoms with Gasteiger partial charge in [-0.3, -0.25) is 0 Å². The molecule has 0 aliphatic heterocycles. The molecule has 3 nitrogen and oxygen atoms in total. The second kappa shape index (κ2) is 7.98. The molecule has 1 rings (SSSR count). The van der Waals surface area contributed by atoms with Crippen LogP contribution in [0.1, 0.15) is 39.2 Å². The van der Waals surface area contributed by atoms with Crippen LogP contribution in [0.4, 0.5) is 0 Å². The van der Waals surface area contributed by atoms with Crippen molar-refractivity contribution in [1.82, 2.24) is 0 Å². The highest BCUT2D eigenvalue weighted by Gasteiger charge is 2.07. The lowest BCUT2D eigenvalue weighted by atomic mass is 10.2. The molecule has 0 unspecified atom stereocenters. The zero-order chi connectivity index (χ0) is 13.4. The van der Waals surface area contributed by atoms with Crippen LogP contribution in [0.15, 0.2) is 18.2 Å².